The summed E-state index contributed by atoms with van der Waals surface area (Å²) in [5.41, 5.74) is 12.0. The molecule has 7 nitrogen and oxygen atoms in total. The molecule has 1 atom stereocenters. The zero-order valence-electron chi connectivity index (χ0n) is 14.0. The van der Waals surface area contributed by atoms with Gasteiger partial charge in [-0.15, -0.1) is 0 Å². The molecule has 0 aliphatic rings. The number of benzene rings is 1. The molecule has 0 radical (unpaired) electrons. The molecule has 0 fully saturated rings. The van der Waals surface area contributed by atoms with Gasteiger partial charge in [0.15, 0.2) is 0 Å². The maximum Gasteiger partial charge on any atom is 0.326 e. The minimum absolute atomic E-state index is 0.149. The molecule has 0 unspecified atom stereocenters. The Morgan fingerprint density at radius 2 is 1.96 bits per heavy atom. The first-order valence-electron chi connectivity index (χ1n) is 7.98. The van der Waals surface area contributed by atoms with Gasteiger partial charge in [-0.05, 0) is 38.3 Å². The summed E-state index contributed by atoms with van der Waals surface area (Å²) in [6, 6.07) is 8.71. The van der Waals surface area contributed by atoms with Crippen molar-refractivity contribution in [1.82, 2.24) is 4.90 Å². The van der Waals surface area contributed by atoms with Crippen molar-refractivity contribution in [3.8, 4) is 0 Å². The maximum atomic E-state index is 12.4. The number of hydrogen-bond acceptors (Lipinski definition) is 4. The van der Waals surface area contributed by atoms with Gasteiger partial charge in [-0.2, -0.15) is 0 Å². The van der Waals surface area contributed by atoms with Gasteiger partial charge in [-0.25, -0.2) is 4.79 Å². The normalized spacial score (nSPS) is 12.7. The van der Waals surface area contributed by atoms with Crippen LogP contribution in [0.3, 0.4) is 0 Å². The standard InChI is InChI=1S/C17H26N4O3/c1-13(19)20-12-16(22)21(15(17(23)24)8-5-10-18)11-9-14-6-3-2-4-7-14/h2-4,6-7,15H,5,8-12,18H2,1H3,(H2,19,20)(H,23,24)/t15-/m0/s1. The van der Waals surface area contributed by atoms with Crippen LogP contribution in [-0.2, 0) is 16.0 Å². The Balaban J connectivity index is 2.89. The smallest absolute Gasteiger partial charge is 0.326 e. The fourth-order valence-corrected chi connectivity index (χ4v) is 2.36. The molecule has 1 aromatic carbocycles. The number of amides is 1. The number of rotatable bonds is 10. The summed E-state index contributed by atoms with van der Waals surface area (Å²) in [6.45, 7) is 2.13. The first kappa shape index (κ1) is 19.6. The van der Waals surface area contributed by atoms with E-state index in [0.717, 1.165) is 5.56 Å². The van der Waals surface area contributed by atoms with Gasteiger partial charge in [0.2, 0.25) is 5.91 Å². The number of carboxylic acids is 1. The lowest BCUT2D eigenvalue weighted by Gasteiger charge is -2.29. The number of carboxylic acid groups (broad SMARTS) is 1. The first-order chi connectivity index (χ1) is 11.5. The summed E-state index contributed by atoms with van der Waals surface area (Å²) < 4.78 is 0. The van der Waals surface area contributed by atoms with Gasteiger partial charge >= 0.3 is 5.97 Å². The van der Waals surface area contributed by atoms with Gasteiger partial charge in [0.25, 0.3) is 0 Å². The zero-order valence-corrected chi connectivity index (χ0v) is 14.0. The maximum absolute atomic E-state index is 12.4. The van der Waals surface area contributed by atoms with Crippen molar-refractivity contribution in [2.75, 3.05) is 19.6 Å². The van der Waals surface area contributed by atoms with Crippen LogP contribution >= 0.6 is 0 Å². The second kappa shape index (κ2) is 10.4. The number of carbonyl (C=O) groups excluding carboxylic acids is 1. The molecule has 0 bridgehead atoms. The number of nitrogens with zero attached hydrogens (tertiary/aromatic N) is 2. The van der Waals surface area contributed by atoms with Crippen molar-refractivity contribution < 1.29 is 14.7 Å². The van der Waals surface area contributed by atoms with Gasteiger partial charge in [-0.3, -0.25) is 9.79 Å². The molecule has 0 aliphatic heterocycles. The van der Waals surface area contributed by atoms with Crippen LogP contribution in [0.25, 0.3) is 0 Å². The molecule has 1 aromatic rings. The predicted octanol–water partition coefficient (Wildman–Crippen LogP) is 0.627. The van der Waals surface area contributed by atoms with E-state index in [1.54, 1.807) is 6.92 Å². The van der Waals surface area contributed by atoms with Crippen LogP contribution < -0.4 is 11.5 Å². The Labute approximate surface area is 142 Å². The van der Waals surface area contributed by atoms with E-state index in [9.17, 15) is 14.7 Å². The number of aliphatic carboxylic acids is 1. The van der Waals surface area contributed by atoms with E-state index < -0.39 is 12.0 Å². The highest BCUT2D eigenvalue weighted by Crippen LogP contribution is 2.11. The van der Waals surface area contributed by atoms with Crippen molar-refractivity contribution in [1.29, 1.82) is 0 Å². The fourth-order valence-electron chi connectivity index (χ4n) is 2.36. The second-order valence-corrected chi connectivity index (χ2v) is 5.57. The molecule has 1 rings (SSSR count). The Bertz CT molecular complexity index is 556. The molecule has 0 saturated heterocycles. The third-order valence-corrected chi connectivity index (χ3v) is 3.61. The number of nitrogens with two attached hydrogens (primary N) is 2. The topological polar surface area (TPSA) is 122 Å². The number of amidine groups is 1. The summed E-state index contributed by atoms with van der Waals surface area (Å²) in [5.74, 6) is -1.08. The van der Waals surface area contributed by atoms with Gasteiger partial charge in [0.1, 0.15) is 12.6 Å². The molecule has 0 saturated carbocycles. The van der Waals surface area contributed by atoms with Gasteiger partial charge in [0.05, 0.1) is 5.84 Å². The quantitative estimate of drug-likeness (QED) is 0.428. The van der Waals surface area contributed by atoms with Crippen molar-refractivity contribution in [2.45, 2.75) is 32.2 Å². The number of carbonyl (C=O) groups is 2. The highest BCUT2D eigenvalue weighted by molar-refractivity contribution is 5.87. The minimum atomic E-state index is -1.03. The summed E-state index contributed by atoms with van der Waals surface area (Å²) in [7, 11) is 0. The number of aliphatic imine (C=N–C) groups is 1. The monoisotopic (exact) mass is 334 g/mol. The lowest BCUT2D eigenvalue weighted by molar-refractivity contribution is -0.150. The first-order valence-corrected chi connectivity index (χ1v) is 7.98. The van der Waals surface area contributed by atoms with Crippen LogP contribution in [0.5, 0.6) is 0 Å². The Kier molecular flexibility index (Phi) is 8.49. The molecule has 0 heterocycles. The molecular weight excluding hydrogens is 308 g/mol. The zero-order chi connectivity index (χ0) is 17.9. The van der Waals surface area contributed by atoms with Gasteiger partial charge in [0, 0.05) is 6.54 Å². The van der Waals surface area contributed by atoms with E-state index in [0.29, 0.717) is 38.2 Å². The fraction of sp³-hybridized carbons (Fsp3) is 0.471. The van der Waals surface area contributed by atoms with Crippen molar-refractivity contribution in [3.05, 3.63) is 35.9 Å². The van der Waals surface area contributed by atoms with Gasteiger partial charge < -0.3 is 21.5 Å². The molecule has 7 heteroatoms. The SMILES string of the molecule is CC(N)=NCC(=O)N(CCc1ccccc1)[C@@H](CCCN)C(=O)O. The average Bonchev–Trinajstić information content (AvgIpc) is 2.56. The van der Waals surface area contributed by atoms with E-state index in [-0.39, 0.29) is 12.5 Å². The van der Waals surface area contributed by atoms with E-state index in [1.807, 2.05) is 30.3 Å². The van der Waals surface area contributed by atoms with E-state index >= 15 is 0 Å². The second-order valence-electron chi connectivity index (χ2n) is 5.57. The van der Waals surface area contributed by atoms with Crippen molar-refractivity contribution in [2.24, 2.45) is 16.5 Å². The highest BCUT2D eigenvalue weighted by Gasteiger charge is 2.28. The summed E-state index contributed by atoms with van der Waals surface area (Å²) in [5, 5.41) is 9.50. The van der Waals surface area contributed by atoms with E-state index in [1.165, 1.54) is 4.90 Å². The van der Waals surface area contributed by atoms with Crippen LogP contribution in [0.15, 0.2) is 35.3 Å². The Hall–Kier alpha value is -2.41. The van der Waals surface area contributed by atoms with E-state index in [4.69, 9.17) is 11.5 Å². The third-order valence-electron chi connectivity index (χ3n) is 3.61. The lowest BCUT2D eigenvalue weighted by atomic mass is 10.1. The molecular formula is C17H26N4O3. The molecule has 0 aromatic heterocycles. The van der Waals surface area contributed by atoms with Crippen LogP contribution in [0.1, 0.15) is 25.3 Å². The molecule has 1 amide bonds. The minimum Gasteiger partial charge on any atom is -0.480 e. The number of hydrogen-bond donors (Lipinski definition) is 3. The van der Waals surface area contributed by atoms with Crippen LogP contribution in [0.2, 0.25) is 0 Å². The van der Waals surface area contributed by atoms with E-state index in [2.05, 4.69) is 4.99 Å². The van der Waals surface area contributed by atoms with Crippen LogP contribution in [0, 0.1) is 0 Å². The third kappa shape index (κ3) is 6.78. The van der Waals surface area contributed by atoms with Crippen molar-refractivity contribution in [3.63, 3.8) is 0 Å². The van der Waals surface area contributed by atoms with Crippen LogP contribution in [0.4, 0.5) is 0 Å². The molecule has 5 N–H and O–H groups in total. The van der Waals surface area contributed by atoms with Crippen LogP contribution in [-0.4, -0.2) is 53.4 Å². The summed E-state index contributed by atoms with van der Waals surface area (Å²) in [4.78, 5) is 29.3. The largest absolute Gasteiger partial charge is 0.480 e. The van der Waals surface area contributed by atoms with Gasteiger partial charge in [-0.1, -0.05) is 30.3 Å². The Morgan fingerprint density at radius 1 is 1.29 bits per heavy atom. The predicted molar refractivity (Wildman–Crippen MR) is 93.7 cm³/mol. The summed E-state index contributed by atoms with van der Waals surface area (Å²) >= 11 is 0. The summed E-state index contributed by atoms with van der Waals surface area (Å²) in [6.07, 6.45) is 1.42. The molecule has 132 valence electrons. The molecule has 24 heavy (non-hydrogen) atoms. The lowest BCUT2D eigenvalue weighted by Crippen LogP contribution is -2.47. The highest BCUT2D eigenvalue weighted by atomic mass is 16.4. The van der Waals surface area contributed by atoms with Crippen molar-refractivity contribution >= 4 is 17.7 Å². The molecule has 0 spiro atoms. The molecule has 0 aliphatic carbocycles. The Morgan fingerprint density at radius 3 is 2.50 bits per heavy atom. The average molecular weight is 334 g/mol.